The Hall–Kier alpha value is -0.400. The van der Waals surface area contributed by atoms with Crippen molar-refractivity contribution in [3.63, 3.8) is 0 Å². The van der Waals surface area contributed by atoms with Crippen molar-refractivity contribution in [2.75, 3.05) is 12.1 Å². The van der Waals surface area contributed by atoms with Gasteiger partial charge in [0.1, 0.15) is 17.1 Å². The van der Waals surface area contributed by atoms with Gasteiger partial charge in [-0.25, -0.2) is 4.39 Å². The zero-order chi connectivity index (χ0) is 13.8. The summed E-state index contributed by atoms with van der Waals surface area (Å²) in [5, 5.41) is 0. The van der Waals surface area contributed by atoms with E-state index >= 15 is 0 Å². The van der Waals surface area contributed by atoms with Crippen molar-refractivity contribution in [3.05, 3.63) is 24.0 Å². The maximum Gasteiger partial charge on any atom is 0.301 e. The summed E-state index contributed by atoms with van der Waals surface area (Å²) in [4.78, 5) is 8.20. The van der Waals surface area contributed by atoms with Crippen LogP contribution < -0.4 is 0 Å². The topological polar surface area (TPSA) is 80.7 Å². The molecule has 1 atom stereocenters. The number of thioether (sulfide) groups is 1. The molecule has 18 heavy (non-hydrogen) atoms. The molecule has 0 radical (unpaired) electrons. The van der Waals surface area contributed by atoms with Crippen molar-refractivity contribution in [1.29, 1.82) is 0 Å². The van der Waals surface area contributed by atoms with Gasteiger partial charge in [-0.05, 0) is 17.9 Å². The van der Waals surface area contributed by atoms with Gasteiger partial charge in [-0.2, -0.15) is 8.42 Å². The molecule has 1 unspecified atom stereocenters. The number of hydrogen-bond donors (Lipinski definition) is 1. The summed E-state index contributed by atoms with van der Waals surface area (Å²) >= 11 is 1.15. The second-order valence-corrected chi connectivity index (χ2v) is 7.04. The second-order valence-electron chi connectivity index (χ2n) is 3.11. The SMILES string of the molecule is CCSc1cccc(F)c1S(=O)(=O)OC[PH](=O)O. The molecule has 0 aliphatic carbocycles. The molecule has 0 saturated carbocycles. The van der Waals surface area contributed by atoms with Crippen LogP contribution in [0.15, 0.2) is 28.0 Å². The lowest BCUT2D eigenvalue weighted by atomic mass is 10.3. The van der Waals surface area contributed by atoms with Gasteiger partial charge in [0, 0.05) is 4.90 Å². The summed E-state index contributed by atoms with van der Waals surface area (Å²) in [5.74, 6) is -0.381. The number of benzene rings is 1. The highest BCUT2D eigenvalue weighted by atomic mass is 32.2. The first-order valence-corrected chi connectivity index (χ1v) is 8.86. The van der Waals surface area contributed by atoms with Crippen LogP contribution in [-0.4, -0.2) is 25.4 Å². The normalized spacial score (nSPS) is 13.5. The molecule has 0 amide bonds. The molecular formula is C9H12FO5PS2. The lowest BCUT2D eigenvalue weighted by Crippen LogP contribution is -2.09. The smallest absolute Gasteiger partial charge is 0.301 e. The van der Waals surface area contributed by atoms with Crippen LogP contribution in [0.3, 0.4) is 0 Å². The Morgan fingerprint density at radius 1 is 1.50 bits per heavy atom. The van der Waals surface area contributed by atoms with Crippen molar-refractivity contribution in [1.82, 2.24) is 0 Å². The average Bonchev–Trinajstić information content (AvgIpc) is 2.27. The van der Waals surface area contributed by atoms with E-state index in [0.29, 0.717) is 5.75 Å². The molecule has 0 spiro atoms. The van der Waals surface area contributed by atoms with Crippen LogP contribution in [0.1, 0.15) is 6.92 Å². The molecule has 0 aliphatic heterocycles. The number of halogens is 1. The summed E-state index contributed by atoms with van der Waals surface area (Å²) in [6, 6.07) is 3.84. The van der Waals surface area contributed by atoms with Gasteiger partial charge in [0.05, 0.1) is 0 Å². The fourth-order valence-electron chi connectivity index (χ4n) is 1.19. The number of rotatable bonds is 6. The zero-order valence-electron chi connectivity index (χ0n) is 9.42. The van der Waals surface area contributed by atoms with Gasteiger partial charge in [-0.3, -0.25) is 8.75 Å². The third kappa shape index (κ3) is 4.07. The van der Waals surface area contributed by atoms with Crippen LogP contribution in [0.4, 0.5) is 4.39 Å². The van der Waals surface area contributed by atoms with E-state index in [-0.39, 0.29) is 4.90 Å². The summed E-state index contributed by atoms with van der Waals surface area (Å²) < 4.78 is 51.9. The number of hydrogen-bond acceptors (Lipinski definition) is 5. The predicted octanol–water partition coefficient (Wildman–Crippen LogP) is 2.07. The largest absolute Gasteiger partial charge is 0.345 e. The third-order valence-corrected chi connectivity index (χ3v) is 4.83. The van der Waals surface area contributed by atoms with E-state index < -0.39 is 35.2 Å². The highest BCUT2D eigenvalue weighted by Crippen LogP contribution is 2.30. The maximum atomic E-state index is 13.6. The Labute approximate surface area is 109 Å². The molecule has 1 N–H and O–H groups in total. The van der Waals surface area contributed by atoms with Crippen LogP contribution in [-0.2, 0) is 18.9 Å². The maximum absolute atomic E-state index is 13.6. The van der Waals surface area contributed by atoms with Gasteiger partial charge < -0.3 is 4.89 Å². The highest BCUT2D eigenvalue weighted by molar-refractivity contribution is 8.00. The molecule has 0 fully saturated rings. The van der Waals surface area contributed by atoms with Crippen molar-refractivity contribution < 1.29 is 26.4 Å². The van der Waals surface area contributed by atoms with E-state index in [2.05, 4.69) is 4.18 Å². The molecule has 0 aliphatic rings. The zero-order valence-corrected chi connectivity index (χ0v) is 12.1. The summed E-state index contributed by atoms with van der Waals surface area (Å²) in [6.45, 7) is 1.79. The van der Waals surface area contributed by atoms with Crippen molar-refractivity contribution in [2.24, 2.45) is 0 Å². The van der Waals surface area contributed by atoms with E-state index in [1.807, 2.05) is 0 Å². The fraction of sp³-hybridized carbons (Fsp3) is 0.333. The van der Waals surface area contributed by atoms with E-state index in [1.54, 1.807) is 6.92 Å². The van der Waals surface area contributed by atoms with Crippen molar-refractivity contribution >= 4 is 29.9 Å². The summed E-state index contributed by atoms with van der Waals surface area (Å²) in [7, 11) is -7.46. The fourth-order valence-corrected chi connectivity index (χ4v) is 4.15. The van der Waals surface area contributed by atoms with Crippen molar-refractivity contribution in [2.45, 2.75) is 16.7 Å². The Morgan fingerprint density at radius 3 is 2.72 bits per heavy atom. The summed E-state index contributed by atoms with van der Waals surface area (Å²) in [6.07, 6.45) is -0.850. The molecule has 1 rings (SSSR count). The lowest BCUT2D eigenvalue weighted by molar-refractivity contribution is 0.351. The van der Waals surface area contributed by atoms with Gasteiger partial charge in [0.2, 0.25) is 8.03 Å². The van der Waals surface area contributed by atoms with Crippen LogP contribution in [0.5, 0.6) is 0 Å². The van der Waals surface area contributed by atoms with E-state index in [1.165, 1.54) is 12.1 Å². The minimum Gasteiger partial charge on any atom is -0.345 e. The Bertz CT molecular complexity index is 546. The van der Waals surface area contributed by atoms with Gasteiger partial charge in [0.15, 0.2) is 0 Å². The minimum atomic E-state index is -4.37. The molecule has 0 bridgehead atoms. The van der Waals surface area contributed by atoms with E-state index in [0.717, 1.165) is 17.8 Å². The average molecular weight is 314 g/mol. The monoisotopic (exact) mass is 314 g/mol. The van der Waals surface area contributed by atoms with Crippen LogP contribution in [0.2, 0.25) is 0 Å². The quantitative estimate of drug-likeness (QED) is 0.492. The molecule has 102 valence electrons. The molecule has 0 saturated heterocycles. The van der Waals surface area contributed by atoms with Gasteiger partial charge in [-0.15, -0.1) is 11.8 Å². The van der Waals surface area contributed by atoms with E-state index in [4.69, 9.17) is 4.89 Å². The van der Waals surface area contributed by atoms with Gasteiger partial charge in [0.25, 0.3) is 0 Å². The highest BCUT2D eigenvalue weighted by Gasteiger charge is 2.24. The van der Waals surface area contributed by atoms with Crippen LogP contribution in [0, 0.1) is 5.82 Å². The summed E-state index contributed by atoms with van der Waals surface area (Å²) in [5.41, 5.74) is 0. The molecule has 1 aromatic carbocycles. The molecule has 0 heterocycles. The third-order valence-electron chi connectivity index (χ3n) is 1.82. The predicted molar refractivity (Wildman–Crippen MR) is 67.2 cm³/mol. The van der Waals surface area contributed by atoms with Gasteiger partial charge in [-0.1, -0.05) is 13.0 Å². The molecule has 5 nitrogen and oxygen atoms in total. The molecule has 9 heteroatoms. The lowest BCUT2D eigenvalue weighted by Gasteiger charge is -2.09. The Kier molecular flexibility index (Phi) is 5.81. The van der Waals surface area contributed by atoms with Crippen molar-refractivity contribution in [3.8, 4) is 0 Å². The Balaban J connectivity index is 3.17. The van der Waals surface area contributed by atoms with Crippen LogP contribution >= 0.6 is 19.8 Å². The molecular weight excluding hydrogens is 302 g/mol. The molecule has 1 aromatic rings. The first-order valence-electron chi connectivity index (χ1n) is 4.91. The Morgan fingerprint density at radius 2 is 2.17 bits per heavy atom. The standard InChI is InChI=1S/C9H12FO5PS2/c1-2-17-8-5-3-4-7(10)9(8)18(13,14)15-6-16(11)12/h3-5,16H,2,6H2,1H3,(H,11,12). The van der Waals surface area contributed by atoms with E-state index in [9.17, 15) is 17.4 Å². The minimum absolute atomic E-state index is 0.218. The van der Waals surface area contributed by atoms with Gasteiger partial charge >= 0.3 is 10.1 Å². The first kappa shape index (κ1) is 15.7. The second kappa shape index (κ2) is 6.68. The van der Waals surface area contributed by atoms with Crippen LogP contribution in [0.25, 0.3) is 0 Å². The molecule has 0 aromatic heterocycles. The first-order chi connectivity index (χ1) is 8.38.